The van der Waals surface area contributed by atoms with Gasteiger partial charge in [-0.2, -0.15) is 0 Å². The van der Waals surface area contributed by atoms with Crippen molar-refractivity contribution in [3.05, 3.63) is 35.9 Å². The largest absolute Gasteiger partial charge is 0.316 e. The summed E-state index contributed by atoms with van der Waals surface area (Å²) < 4.78 is 0. The summed E-state index contributed by atoms with van der Waals surface area (Å²) in [6.07, 6.45) is 2.69. The van der Waals surface area contributed by atoms with Crippen LogP contribution in [-0.4, -0.2) is 13.1 Å². The zero-order valence-corrected chi connectivity index (χ0v) is 8.87. The standard InChI is InChI=1S/C13H19N/c1-11(9-12-7-8-14-10-12)13-5-3-2-4-6-13/h2-6,11-12,14H,7-10H2,1H3. The maximum absolute atomic E-state index is 3.43. The zero-order valence-electron chi connectivity index (χ0n) is 8.87. The summed E-state index contributed by atoms with van der Waals surface area (Å²) in [5.74, 6) is 1.60. The first-order valence-electron chi connectivity index (χ1n) is 5.62. The average Bonchev–Trinajstić information content (AvgIpc) is 2.72. The molecule has 1 aliphatic heterocycles. The van der Waals surface area contributed by atoms with Crippen molar-refractivity contribution in [3.63, 3.8) is 0 Å². The first-order chi connectivity index (χ1) is 6.86. The lowest BCUT2D eigenvalue weighted by atomic mass is 9.90. The molecule has 1 heteroatoms. The van der Waals surface area contributed by atoms with E-state index in [-0.39, 0.29) is 0 Å². The topological polar surface area (TPSA) is 12.0 Å². The van der Waals surface area contributed by atoms with Gasteiger partial charge in [-0.15, -0.1) is 0 Å². The van der Waals surface area contributed by atoms with E-state index in [1.165, 1.54) is 31.5 Å². The molecule has 0 amide bonds. The molecule has 0 saturated carbocycles. The van der Waals surface area contributed by atoms with Crippen LogP contribution in [0.15, 0.2) is 30.3 Å². The molecule has 1 fully saturated rings. The highest BCUT2D eigenvalue weighted by molar-refractivity contribution is 5.18. The van der Waals surface area contributed by atoms with Crippen molar-refractivity contribution < 1.29 is 0 Å². The second-order valence-corrected chi connectivity index (χ2v) is 4.41. The van der Waals surface area contributed by atoms with Crippen LogP contribution in [0.5, 0.6) is 0 Å². The summed E-state index contributed by atoms with van der Waals surface area (Å²) in [4.78, 5) is 0. The minimum atomic E-state index is 0.709. The Bertz CT molecular complexity index is 262. The second-order valence-electron chi connectivity index (χ2n) is 4.41. The molecule has 1 saturated heterocycles. The highest BCUT2D eigenvalue weighted by Gasteiger charge is 2.17. The Hall–Kier alpha value is -0.820. The Morgan fingerprint density at radius 2 is 2.14 bits per heavy atom. The van der Waals surface area contributed by atoms with Gasteiger partial charge >= 0.3 is 0 Å². The molecule has 1 heterocycles. The van der Waals surface area contributed by atoms with Crippen molar-refractivity contribution in [3.8, 4) is 0 Å². The lowest BCUT2D eigenvalue weighted by Crippen LogP contribution is -2.10. The maximum atomic E-state index is 3.43. The van der Waals surface area contributed by atoms with E-state index in [1.807, 2.05) is 0 Å². The van der Waals surface area contributed by atoms with Crippen molar-refractivity contribution in [2.45, 2.75) is 25.7 Å². The lowest BCUT2D eigenvalue weighted by Gasteiger charge is -2.15. The Balaban J connectivity index is 1.92. The molecule has 2 rings (SSSR count). The molecule has 0 bridgehead atoms. The normalized spacial score (nSPS) is 23.6. The molecule has 2 atom stereocenters. The van der Waals surface area contributed by atoms with E-state index in [1.54, 1.807) is 0 Å². The van der Waals surface area contributed by atoms with Gasteiger partial charge in [0.1, 0.15) is 0 Å². The van der Waals surface area contributed by atoms with E-state index in [9.17, 15) is 0 Å². The van der Waals surface area contributed by atoms with Gasteiger partial charge < -0.3 is 5.32 Å². The fourth-order valence-corrected chi connectivity index (χ4v) is 2.33. The van der Waals surface area contributed by atoms with Crippen molar-refractivity contribution in [2.75, 3.05) is 13.1 Å². The average molecular weight is 189 g/mol. The minimum absolute atomic E-state index is 0.709. The van der Waals surface area contributed by atoms with Crippen molar-refractivity contribution >= 4 is 0 Å². The number of rotatable bonds is 3. The van der Waals surface area contributed by atoms with Crippen LogP contribution in [0.1, 0.15) is 31.2 Å². The Labute approximate surface area is 86.5 Å². The summed E-state index contributed by atoms with van der Waals surface area (Å²) in [6.45, 7) is 4.77. The summed E-state index contributed by atoms with van der Waals surface area (Å²) in [5.41, 5.74) is 1.49. The molecule has 1 aliphatic rings. The Morgan fingerprint density at radius 1 is 1.36 bits per heavy atom. The van der Waals surface area contributed by atoms with Gasteiger partial charge in [0.05, 0.1) is 0 Å². The van der Waals surface area contributed by atoms with Crippen molar-refractivity contribution in [1.29, 1.82) is 0 Å². The van der Waals surface area contributed by atoms with Gasteiger partial charge in [-0.25, -0.2) is 0 Å². The smallest absolute Gasteiger partial charge is 0.00198 e. The number of hydrogen-bond donors (Lipinski definition) is 1. The van der Waals surface area contributed by atoms with Gasteiger partial charge in [0.2, 0.25) is 0 Å². The molecule has 1 N–H and O–H groups in total. The Kier molecular flexibility index (Phi) is 3.20. The van der Waals surface area contributed by atoms with Crippen LogP contribution < -0.4 is 5.32 Å². The van der Waals surface area contributed by atoms with Crippen LogP contribution in [0.3, 0.4) is 0 Å². The van der Waals surface area contributed by atoms with E-state index in [0.29, 0.717) is 5.92 Å². The van der Waals surface area contributed by atoms with Crippen LogP contribution in [0.2, 0.25) is 0 Å². The molecule has 76 valence electrons. The molecule has 1 aromatic carbocycles. The quantitative estimate of drug-likeness (QED) is 0.771. The minimum Gasteiger partial charge on any atom is -0.316 e. The van der Waals surface area contributed by atoms with E-state index in [0.717, 1.165) is 5.92 Å². The van der Waals surface area contributed by atoms with Crippen LogP contribution in [0.25, 0.3) is 0 Å². The van der Waals surface area contributed by atoms with Crippen molar-refractivity contribution in [2.24, 2.45) is 5.92 Å². The van der Waals surface area contributed by atoms with Crippen LogP contribution in [-0.2, 0) is 0 Å². The molecular weight excluding hydrogens is 170 g/mol. The van der Waals surface area contributed by atoms with E-state index < -0.39 is 0 Å². The van der Waals surface area contributed by atoms with Gasteiger partial charge in [0, 0.05) is 0 Å². The highest BCUT2D eigenvalue weighted by atomic mass is 14.9. The first-order valence-corrected chi connectivity index (χ1v) is 5.62. The summed E-state index contributed by atoms with van der Waals surface area (Å²) in [6, 6.07) is 10.9. The fourth-order valence-electron chi connectivity index (χ4n) is 2.33. The maximum Gasteiger partial charge on any atom is -0.00198 e. The molecule has 0 aliphatic carbocycles. The molecule has 0 aromatic heterocycles. The highest BCUT2D eigenvalue weighted by Crippen LogP contribution is 2.25. The van der Waals surface area contributed by atoms with E-state index in [4.69, 9.17) is 0 Å². The molecule has 0 spiro atoms. The first kappa shape index (κ1) is 9.72. The van der Waals surface area contributed by atoms with Gasteiger partial charge in [0.25, 0.3) is 0 Å². The van der Waals surface area contributed by atoms with Crippen molar-refractivity contribution in [1.82, 2.24) is 5.32 Å². The predicted octanol–water partition coefficient (Wildman–Crippen LogP) is 2.79. The molecule has 1 nitrogen and oxygen atoms in total. The Morgan fingerprint density at radius 3 is 2.79 bits per heavy atom. The molecule has 1 aromatic rings. The third-order valence-corrected chi connectivity index (χ3v) is 3.22. The zero-order chi connectivity index (χ0) is 9.80. The molecule has 2 unspecified atom stereocenters. The predicted molar refractivity (Wildman–Crippen MR) is 60.5 cm³/mol. The van der Waals surface area contributed by atoms with Crippen LogP contribution in [0.4, 0.5) is 0 Å². The number of hydrogen-bond acceptors (Lipinski definition) is 1. The summed E-state index contributed by atoms with van der Waals surface area (Å²) in [7, 11) is 0. The van der Waals surface area contributed by atoms with E-state index >= 15 is 0 Å². The SMILES string of the molecule is CC(CC1CCNC1)c1ccccc1. The van der Waals surface area contributed by atoms with Crippen LogP contribution in [0, 0.1) is 5.92 Å². The molecule has 14 heavy (non-hydrogen) atoms. The van der Waals surface area contributed by atoms with Gasteiger partial charge in [-0.05, 0) is 43.3 Å². The molecule has 0 radical (unpaired) electrons. The van der Waals surface area contributed by atoms with Gasteiger partial charge in [0.15, 0.2) is 0 Å². The third-order valence-electron chi connectivity index (χ3n) is 3.22. The van der Waals surface area contributed by atoms with Gasteiger partial charge in [-0.1, -0.05) is 37.3 Å². The summed E-state index contributed by atoms with van der Waals surface area (Å²) >= 11 is 0. The molecular formula is C13H19N. The fraction of sp³-hybridized carbons (Fsp3) is 0.538. The van der Waals surface area contributed by atoms with Crippen LogP contribution >= 0.6 is 0 Å². The number of nitrogens with one attached hydrogen (secondary N) is 1. The monoisotopic (exact) mass is 189 g/mol. The summed E-state index contributed by atoms with van der Waals surface area (Å²) in [5, 5.41) is 3.43. The van der Waals surface area contributed by atoms with Gasteiger partial charge in [-0.3, -0.25) is 0 Å². The second kappa shape index (κ2) is 4.61. The van der Waals surface area contributed by atoms with E-state index in [2.05, 4.69) is 42.6 Å². The lowest BCUT2D eigenvalue weighted by molar-refractivity contribution is 0.484. The number of benzene rings is 1. The third kappa shape index (κ3) is 2.36.